The number of carbonyl (C=O) groups excluding carboxylic acids is 3. The molecule has 3 aromatic carbocycles. The van der Waals surface area contributed by atoms with Crippen LogP contribution in [0.4, 0.5) is 0 Å². The summed E-state index contributed by atoms with van der Waals surface area (Å²) in [6.07, 6.45) is 6.93. The van der Waals surface area contributed by atoms with Gasteiger partial charge in [-0.1, -0.05) is 25.6 Å². The molecule has 0 bridgehead atoms. The molecule has 46 heavy (non-hydrogen) atoms. The fraction of sp³-hybridized carbons (Fsp3) is 0.378. The van der Waals surface area contributed by atoms with Gasteiger partial charge in [-0.3, -0.25) is 0 Å². The zero-order chi connectivity index (χ0) is 33.1. The molecule has 9 nitrogen and oxygen atoms in total. The highest BCUT2D eigenvalue weighted by atomic mass is 16.5. The van der Waals surface area contributed by atoms with Gasteiger partial charge in [-0.25, -0.2) is 14.4 Å². The smallest absolute Gasteiger partial charge is 0.343 e. The van der Waals surface area contributed by atoms with E-state index in [0.29, 0.717) is 36.7 Å². The molecule has 3 unspecified atom stereocenters. The predicted molar refractivity (Wildman–Crippen MR) is 174 cm³/mol. The van der Waals surface area contributed by atoms with E-state index in [9.17, 15) is 19.6 Å². The van der Waals surface area contributed by atoms with Gasteiger partial charge >= 0.3 is 17.9 Å². The lowest BCUT2D eigenvalue weighted by molar-refractivity contribution is -0.139. The minimum atomic E-state index is -0.631. The Morgan fingerprint density at radius 2 is 1.63 bits per heavy atom. The van der Waals surface area contributed by atoms with Crippen LogP contribution in [0, 0.1) is 28.6 Å². The molecule has 4 rings (SSSR count). The molecule has 1 aliphatic rings. The van der Waals surface area contributed by atoms with E-state index in [4.69, 9.17) is 24.4 Å². The van der Waals surface area contributed by atoms with Gasteiger partial charge in [0.2, 0.25) is 0 Å². The number of rotatable bonds is 14. The summed E-state index contributed by atoms with van der Waals surface area (Å²) in [5, 5.41) is 19.1. The molecule has 240 valence electrons. The Kier molecular flexibility index (Phi) is 12.1. The van der Waals surface area contributed by atoms with E-state index in [1.807, 2.05) is 30.3 Å². The molecule has 0 aliphatic heterocycles. The van der Waals surface area contributed by atoms with Crippen LogP contribution in [0.25, 0.3) is 10.8 Å². The summed E-state index contributed by atoms with van der Waals surface area (Å²) in [5.41, 5.74) is 0.939. The van der Waals surface area contributed by atoms with E-state index >= 15 is 0 Å². The van der Waals surface area contributed by atoms with E-state index in [0.717, 1.165) is 55.0 Å². The van der Waals surface area contributed by atoms with Crippen LogP contribution in [0.1, 0.15) is 85.1 Å². The van der Waals surface area contributed by atoms with Crippen LogP contribution in [-0.4, -0.2) is 43.4 Å². The first-order valence-electron chi connectivity index (χ1n) is 15.7. The second-order valence-electron chi connectivity index (χ2n) is 11.8. The first-order chi connectivity index (χ1) is 22.2. The van der Waals surface area contributed by atoms with Crippen molar-refractivity contribution in [2.75, 3.05) is 13.2 Å². The van der Waals surface area contributed by atoms with Gasteiger partial charge in [-0.2, -0.15) is 5.26 Å². The average Bonchev–Trinajstić information content (AvgIpc) is 3.06. The molecular formula is C37H40N2O7. The molecule has 1 fully saturated rings. The van der Waals surface area contributed by atoms with Crippen LogP contribution in [0.15, 0.2) is 66.7 Å². The van der Waals surface area contributed by atoms with Crippen LogP contribution in [0.2, 0.25) is 0 Å². The van der Waals surface area contributed by atoms with Gasteiger partial charge in [-0.15, -0.1) is 0 Å². The molecule has 9 heteroatoms. The molecule has 1 aliphatic carbocycles. The summed E-state index contributed by atoms with van der Waals surface area (Å²) >= 11 is 0. The molecule has 0 radical (unpaired) electrons. The van der Waals surface area contributed by atoms with Gasteiger partial charge < -0.3 is 24.4 Å². The molecule has 1 N–H and O–H groups in total. The highest BCUT2D eigenvalue weighted by molar-refractivity contribution is 5.97. The third kappa shape index (κ3) is 9.27. The van der Waals surface area contributed by atoms with Crippen molar-refractivity contribution in [1.29, 1.82) is 10.7 Å². The summed E-state index contributed by atoms with van der Waals surface area (Å²) < 4.78 is 22.2. The van der Waals surface area contributed by atoms with E-state index in [-0.39, 0.29) is 34.9 Å². The molecule has 0 amide bonds. The SMILES string of the molecule is C=C(C)C(=O)OCCCCCCOc1ccc2cc(C(=O)Oc3ccc(C(=O)OC4CCC(C)CC4C=N)cc3C#N)ccc2c1. The summed E-state index contributed by atoms with van der Waals surface area (Å²) in [6.45, 7) is 8.27. The first kappa shape index (κ1) is 33.9. The number of esters is 3. The van der Waals surface area contributed by atoms with Crippen molar-refractivity contribution in [3.63, 3.8) is 0 Å². The monoisotopic (exact) mass is 624 g/mol. The maximum absolute atomic E-state index is 13.0. The van der Waals surface area contributed by atoms with Crippen molar-refractivity contribution < 1.29 is 33.3 Å². The minimum Gasteiger partial charge on any atom is -0.494 e. The normalized spacial score (nSPS) is 17.4. The maximum atomic E-state index is 13.0. The predicted octanol–water partition coefficient (Wildman–Crippen LogP) is 7.60. The molecule has 0 aromatic heterocycles. The van der Waals surface area contributed by atoms with E-state index in [2.05, 4.69) is 13.5 Å². The van der Waals surface area contributed by atoms with Crippen LogP contribution < -0.4 is 9.47 Å². The quantitative estimate of drug-likeness (QED) is 0.0637. The van der Waals surface area contributed by atoms with Crippen molar-refractivity contribution in [1.82, 2.24) is 0 Å². The summed E-state index contributed by atoms with van der Waals surface area (Å²) in [5.74, 6) is -0.442. The Morgan fingerprint density at radius 3 is 2.37 bits per heavy atom. The summed E-state index contributed by atoms with van der Waals surface area (Å²) in [7, 11) is 0. The van der Waals surface area contributed by atoms with Crippen LogP contribution in [-0.2, 0) is 14.3 Å². The Bertz CT molecular complexity index is 1640. The lowest BCUT2D eigenvalue weighted by atomic mass is 9.81. The third-order valence-electron chi connectivity index (χ3n) is 8.04. The number of nitrogens with one attached hydrogen (secondary N) is 1. The van der Waals surface area contributed by atoms with E-state index in [1.54, 1.807) is 19.1 Å². The number of hydrogen-bond donors (Lipinski definition) is 1. The number of fused-ring (bicyclic) bond motifs is 1. The molecule has 0 spiro atoms. The maximum Gasteiger partial charge on any atom is 0.343 e. The van der Waals surface area contributed by atoms with Gasteiger partial charge in [0.05, 0.1) is 29.9 Å². The summed E-state index contributed by atoms with van der Waals surface area (Å²) in [6, 6.07) is 17.1. The largest absolute Gasteiger partial charge is 0.494 e. The van der Waals surface area contributed by atoms with E-state index in [1.165, 1.54) is 24.4 Å². The molecule has 0 heterocycles. The molecule has 0 saturated heterocycles. The number of nitrogens with zero attached hydrogens (tertiary/aromatic N) is 1. The van der Waals surface area contributed by atoms with Gasteiger partial charge in [0.25, 0.3) is 0 Å². The van der Waals surface area contributed by atoms with Crippen LogP contribution in [0.5, 0.6) is 11.5 Å². The van der Waals surface area contributed by atoms with Crippen molar-refractivity contribution in [2.45, 2.75) is 64.9 Å². The lowest BCUT2D eigenvalue weighted by Crippen LogP contribution is -2.33. The number of unbranched alkanes of at least 4 members (excludes halogenated alkanes) is 3. The fourth-order valence-corrected chi connectivity index (χ4v) is 5.39. The van der Waals surface area contributed by atoms with Gasteiger partial charge in [0, 0.05) is 17.7 Å². The van der Waals surface area contributed by atoms with Crippen molar-refractivity contribution in [3.8, 4) is 17.6 Å². The molecule has 3 atom stereocenters. The molecule has 3 aromatic rings. The second-order valence-corrected chi connectivity index (χ2v) is 11.8. The third-order valence-corrected chi connectivity index (χ3v) is 8.04. The van der Waals surface area contributed by atoms with E-state index < -0.39 is 11.9 Å². The topological polar surface area (TPSA) is 136 Å². The Balaban J connectivity index is 1.29. The van der Waals surface area contributed by atoms with Crippen molar-refractivity contribution in [2.24, 2.45) is 11.8 Å². The molecule has 1 saturated carbocycles. The highest BCUT2D eigenvalue weighted by Gasteiger charge is 2.30. The van der Waals surface area contributed by atoms with Crippen LogP contribution >= 0.6 is 0 Å². The summed E-state index contributed by atoms with van der Waals surface area (Å²) in [4.78, 5) is 37.2. The number of hydrogen-bond acceptors (Lipinski definition) is 9. The minimum absolute atomic E-state index is 0.0393. The second kappa shape index (κ2) is 16.4. The van der Waals surface area contributed by atoms with Crippen LogP contribution in [0.3, 0.4) is 0 Å². The van der Waals surface area contributed by atoms with Gasteiger partial charge in [0.15, 0.2) is 0 Å². The average molecular weight is 625 g/mol. The standard InChI is InChI=1S/C37H40N2O7/c1-24(2)35(40)44-17-7-5-4-6-16-43-32-13-11-26-19-28(10-9-27(26)21-32)36(41)46-34-15-12-29(20-31(34)23-39)37(42)45-33-14-8-25(3)18-30(33)22-38/h9-13,15,19-22,25,30,33,38H,1,4-8,14,16-18H2,2-3H3. The highest BCUT2D eigenvalue weighted by Crippen LogP contribution is 2.31. The first-order valence-corrected chi connectivity index (χ1v) is 15.7. The van der Waals surface area contributed by atoms with Gasteiger partial charge in [0.1, 0.15) is 23.7 Å². The zero-order valence-corrected chi connectivity index (χ0v) is 26.4. The lowest BCUT2D eigenvalue weighted by Gasteiger charge is -2.31. The fourth-order valence-electron chi connectivity index (χ4n) is 5.39. The Morgan fingerprint density at radius 1 is 0.935 bits per heavy atom. The number of ether oxygens (including phenoxy) is 4. The number of nitriles is 1. The molecular weight excluding hydrogens is 584 g/mol. The number of benzene rings is 3. The zero-order valence-electron chi connectivity index (χ0n) is 26.4. The Hall–Kier alpha value is -4.97. The van der Waals surface area contributed by atoms with Gasteiger partial charge in [-0.05, 0) is 111 Å². The van der Waals surface area contributed by atoms with Crippen molar-refractivity contribution >= 4 is 34.9 Å². The Labute approximate surface area is 269 Å². The van der Waals surface area contributed by atoms with Crippen molar-refractivity contribution in [3.05, 3.63) is 83.4 Å². The number of carbonyl (C=O) groups is 3.